The van der Waals surface area contributed by atoms with Crippen molar-refractivity contribution in [3.8, 4) is 17.0 Å². The van der Waals surface area contributed by atoms with Gasteiger partial charge >= 0.3 is 0 Å². The Hall–Kier alpha value is -3.82. The summed E-state index contributed by atoms with van der Waals surface area (Å²) in [6, 6.07) is 12.7. The van der Waals surface area contributed by atoms with Crippen LogP contribution in [0, 0.1) is 18.7 Å². The number of aliphatic hydroxyl groups is 1. The molecule has 208 valence electrons. The van der Waals surface area contributed by atoms with Crippen molar-refractivity contribution >= 4 is 21.9 Å². The second kappa shape index (κ2) is 9.98. The third-order valence-electron chi connectivity index (χ3n) is 8.10. The third kappa shape index (κ3) is 4.43. The Kier molecular flexibility index (Phi) is 6.59. The molecule has 1 aliphatic rings. The van der Waals surface area contributed by atoms with E-state index in [1.165, 1.54) is 12.1 Å². The first-order valence-corrected chi connectivity index (χ1v) is 13.6. The number of fused-ring (bicyclic) bond motifs is 3. The first kappa shape index (κ1) is 26.4. The maximum absolute atomic E-state index is 14.1. The average Bonchev–Trinajstić information content (AvgIpc) is 3.45. The molecule has 0 unspecified atom stereocenters. The SMILES string of the molecule is COc1cc(C(C)(C)O)cc2c1c1ncc(-c3c(C)nnn3C)cc1n2[C@H](c1ccc(F)cc1)C1CCOCC1. The van der Waals surface area contributed by atoms with Crippen molar-refractivity contribution in [3.05, 3.63) is 71.3 Å². The Bertz CT molecular complexity index is 1680. The van der Waals surface area contributed by atoms with Crippen LogP contribution >= 0.6 is 0 Å². The Labute approximate surface area is 232 Å². The molecule has 0 aliphatic carbocycles. The third-order valence-corrected chi connectivity index (χ3v) is 8.10. The molecule has 1 aliphatic heterocycles. The van der Waals surface area contributed by atoms with E-state index in [-0.39, 0.29) is 17.8 Å². The maximum Gasteiger partial charge on any atom is 0.130 e. The molecule has 1 atom stereocenters. The number of hydrogen-bond donors (Lipinski definition) is 1. The lowest BCUT2D eigenvalue weighted by molar-refractivity contribution is 0.0552. The van der Waals surface area contributed by atoms with Crippen LogP contribution in [-0.4, -0.2) is 50.0 Å². The molecular formula is C31H34FN5O3. The van der Waals surface area contributed by atoms with Gasteiger partial charge in [-0.3, -0.25) is 4.98 Å². The summed E-state index contributed by atoms with van der Waals surface area (Å²) >= 11 is 0. The van der Waals surface area contributed by atoms with Gasteiger partial charge in [0.2, 0.25) is 0 Å². The molecule has 5 aromatic rings. The number of hydrogen-bond acceptors (Lipinski definition) is 6. The summed E-state index contributed by atoms with van der Waals surface area (Å²) in [4.78, 5) is 4.99. The molecule has 4 heterocycles. The van der Waals surface area contributed by atoms with Gasteiger partial charge in [-0.2, -0.15) is 0 Å². The second-order valence-corrected chi connectivity index (χ2v) is 11.2. The molecule has 9 heteroatoms. The smallest absolute Gasteiger partial charge is 0.130 e. The summed E-state index contributed by atoms with van der Waals surface area (Å²) in [5.74, 6) is 0.603. The van der Waals surface area contributed by atoms with Gasteiger partial charge in [-0.05, 0) is 81.0 Å². The molecule has 0 spiro atoms. The number of halogens is 1. The molecule has 0 saturated carbocycles. The van der Waals surface area contributed by atoms with Gasteiger partial charge in [0.05, 0.1) is 52.1 Å². The van der Waals surface area contributed by atoms with Crippen molar-refractivity contribution < 1.29 is 19.0 Å². The average molecular weight is 544 g/mol. The first-order chi connectivity index (χ1) is 19.2. The Morgan fingerprint density at radius 1 is 1.10 bits per heavy atom. The summed E-state index contributed by atoms with van der Waals surface area (Å²) in [7, 11) is 3.51. The van der Waals surface area contributed by atoms with Gasteiger partial charge < -0.3 is 19.1 Å². The van der Waals surface area contributed by atoms with Gasteiger partial charge in [-0.25, -0.2) is 9.07 Å². The zero-order valence-corrected chi connectivity index (χ0v) is 23.5. The molecule has 0 radical (unpaired) electrons. The van der Waals surface area contributed by atoms with Crippen LogP contribution in [0.15, 0.2) is 48.7 Å². The molecule has 2 aromatic carbocycles. The van der Waals surface area contributed by atoms with Crippen LogP contribution < -0.4 is 4.74 Å². The van der Waals surface area contributed by atoms with Gasteiger partial charge in [-0.1, -0.05) is 17.3 Å². The monoisotopic (exact) mass is 543 g/mol. The highest BCUT2D eigenvalue weighted by atomic mass is 19.1. The topological polar surface area (TPSA) is 87.2 Å². The summed E-state index contributed by atoms with van der Waals surface area (Å²) in [6.07, 6.45) is 3.58. The highest BCUT2D eigenvalue weighted by Crippen LogP contribution is 2.45. The maximum atomic E-state index is 14.1. The van der Waals surface area contributed by atoms with E-state index in [1.807, 2.05) is 44.4 Å². The lowest BCUT2D eigenvalue weighted by Gasteiger charge is -2.33. The molecule has 8 nitrogen and oxygen atoms in total. The van der Waals surface area contributed by atoms with Crippen LogP contribution in [0.2, 0.25) is 0 Å². The minimum absolute atomic E-state index is 0.130. The van der Waals surface area contributed by atoms with Gasteiger partial charge in [0, 0.05) is 32.0 Å². The van der Waals surface area contributed by atoms with Crippen molar-refractivity contribution in [3.63, 3.8) is 0 Å². The summed E-state index contributed by atoms with van der Waals surface area (Å²) in [6.45, 7) is 6.81. The fourth-order valence-electron chi connectivity index (χ4n) is 6.11. The molecule has 0 bridgehead atoms. The van der Waals surface area contributed by atoms with Gasteiger partial charge in [0.25, 0.3) is 0 Å². The normalized spacial score (nSPS) is 15.7. The number of aryl methyl sites for hydroxylation is 2. The van der Waals surface area contributed by atoms with E-state index < -0.39 is 5.60 Å². The van der Waals surface area contributed by atoms with E-state index in [1.54, 1.807) is 25.6 Å². The lowest BCUT2D eigenvalue weighted by atomic mass is 9.86. The van der Waals surface area contributed by atoms with E-state index in [0.717, 1.165) is 62.9 Å². The Morgan fingerprint density at radius 3 is 2.45 bits per heavy atom. The standard InChI is InChI=1S/C31H34FN5O3/c1-18-29(36(4)35-34-18)21-14-25-28(33-17-21)27-24(15-22(31(2,3)38)16-26(27)39-5)37(25)30(20-10-12-40-13-11-20)19-6-8-23(32)9-7-19/h6-9,14-17,20,30,38H,10-13H2,1-5H3/t30-/m1/s1. The molecule has 6 rings (SSSR count). The quantitative estimate of drug-likeness (QED) is 0.296. The summed E-state index contributed by atoms with van der Waals surface area (Å²) in [5.41, 5.74) is 5.85. The number of nitrogens with zero attached hydrogens (tertiary/aromatic N) is 5. The summed E-state index contributed by atoms with van der Waals surface area (Å²) in [5, 5.41) is 20.4. The fraction of sp³-hybridized carbons (Fsp3) is 0.387. The van der Waals surface area contributed by atoms with Crippen molar-refractivity contribution in [2.24, 2.45) is 13.0 Å². The zero-order chi connectivity index (χ0) is 28.2. The molecule has 0 amide bonds. The molecule has 1 saturated heterocycles. The molecule has 3 aromatic heterocycles. The van der Waals surface area contributed by atoms with Gasteiger partial charge in [-0.15, -0.1) is 5.10 Å². The number of methoxy groups -OCH3 is 1. The fourth-order valence-corrected chi connectivity index (χ4v) is 6.11. The van der Waals surface area contributed by atoms with E-state index >= 15 is 0 Å². The van der Waals surface area contributed by atoms with E-state index in [2.05, 4.69) is 20.9 Å². The van der Waals surface area contributed by atoms with E-state index in [4.69, 9.17) is 14.5 Å². The number of benzene rings is 2. The van der Waals surface area contributed by atoms with Crippen molar-refractivity contribution in [2.75, 3.05) is 20.3 Å². The lowest BCUT2D eigenvalue weighted by Crippen LogP contribution is -2.27. The molecule has 1 N–H and O–H groups in total. The molecule has 40 heavy (non-hydrogen) atoms. The number of ether oxygens (including phenoxy) is 2. The number of rotatable bonds is 6. The Balaban J connectivity index is 1.74. The van der Waals surface area contributed by atoms with Gasteiger partial charge in [0.15, 0.2) is 0 Å². The minimum atomic E-state index is -1.09. The Morgan fingerprint density at radius 2 is 1.82 bits per heavy atom. The van der Waals surface area contributed by atoms with Crippen LogP contribution in [0.1, 0.15) is 49.6 Å². The van der Waals surface area contributed by atoms with Crippen molar-refractivity contribution in [1.29, 1.82) is 0 Å². The minimum Gasteiger partial charge on any atom is -0.496 e. The van der Waals surface area contributed by atoms with E-state index in [9.17, 15) is 9.50 Å². The second-order valence-electron chi connectivity index (χ2n) is 11.2. The largest absolute Gasteiger partial charge is 0.496 e. The van der Waals surface area contributed by atoms with Crippen LogP contribution in [0.4, 0.5) is 4.39 Å². The van der Waals surface area contributed by atoms with Crippen LogP contribution in [-0.2, 0) is 17.4 Å². The highest BCUT2D eigenvalue weighted by molar-refractivity contribution is 6.10. The van der Waals surface area contributed by atoms with Gasteiger partial charge in [0.1, 0.15) is 11.6 Å². The van der Waals surface area contributed by atoms with Crippen LogP contribution in [0.25, 0.3) is 33.2 Å². The number of pyridine rings is 1. The van der Waals surface area contributed by atoms with Crippen LogP contribution in [0.3, 0.4) is 0 Å². The summed E-state index contributed by atoms with van der Waals surface area (Å²) < 4.78 is 29.8. The predicted octanol–water partition coefficient (Wildman–Crippen LogP) is 5.68. The first-order valence-electron chi connectivity index (χ1n) is 13.6. The predicted molar refractivity (Wildman–Crippen MR) is 152 cm³/mol. The molecular weight excluding hydrogens is 509 g/mol. The molecule has 1 fully saturated rings. The zero-order valence-electron chi connectivity index (χ0n) is 23.5. The number of aromatic nitrogens is 5. The van der Waals surface area contributed by atoms with Crippen molar-refractivity contribution in [1.82, 2.24) is 24.5 Å². The highest BCUT2D eigenvalue weighted by Gasteiger charge is 2.32. The van der Waals surface area contributed by atoms with Crippen LogP contribution in [0.5, 0.6) is 5.75 Å². The van der Waals surface area contributed by atoms with Crippen molar-refractivity contribution in [2.45, 2.75) is 45.3 Å². The van der Waals surface area contributed by atoms with E-state index in [0.29, 0.717) is 19.0 Å².